The molecule has 0 aromatic heterocycles. The van der Waals surface area contributed by atoms with Crippen LogP contribution in [0.1, 0.15) is 24.2 Å². The van der Waals surface area contributed by atoms with Crippen LogP contribution < -0.4 is 9.47 Å². The number of allylic oxidation sites excluding steroid dienone is 1. The molecular weight excluding hydrogens is 204 g/mol. The number of para-hydroxylation sites is 1. The first-order valence-electron chi connectivity index (χ1n) is 5.07. The summed E-state index contributed by atoms with van der Waals surface area (Å²) in [5.41, 5.74) is 1.67. The van der Waals surface area contributed by atoms with E-state index in [2.05, 4.69) is 0 Å². The Balaban J connectivity index is 2.91. The number of ether oxygens (including phenoxy) is 2. The molecule has 86 valence electrons. The maximum atomic E-state index is 10.8. The highest BCUT2D eigenvalue weighted by Crippen LogP contribution is 2.29. The minimum Gasteiger partial charge on any atom is -0.493 e. The normalized spacial score (nSPS) is 9.44. The largest absolute Gasteiger partial charge is 0.493 e. The number of carbonyl (C=O) groups is 1. The van der Waals surface area contributed by atoms with Crippen LogP contribution in [-0.2, 0) is 0 Å². The monoisotopic (exact) mass is 220 g/mol. The quantitative estimate of drug-likeness (QED) is 0.565. The lowest BCUT2D eigenvalue weighted by Crippen LogP contribution is -2.00. The van der Waals surface area contributed by atoms with Gasteiger partial charge in [0, 0.05) is 0 Å². The average Bonchev–Trinajstić information content (AvgIpc) is 2.28. The molecule has 0 saturated heterocycles. The molecule has 0 unspecified atom stereocenters. The Bertz CT molecular complexity index is 390. The number of hydrogen-bond acceptors (Lipinski definition) is 3. The highest BCUT2D eigenvalue weighted by molar-refractivity contribution is 5.81. The van der Waals surface area contributed by atoms with Gasteiger partial charge in [-0.05, 0) is 32.1 Å². The van der Waals surface area contributed by atoms with Gasteiger partial charge < -0.3 is 9.47 Å². The smallest absolute Gasteiger partial charge is 0.172 e. The van der Waals surface area contributed by atoms with Crippen LogP contribution in [0, 0.1) is 0 Å². The molecule has 0 radical (unpaired) electrons. The Morgan fingerprint density at radius 2 is 2.12 bits per heavy atom. The second-order valence-electron chi connectivity index (χ2n) is 3.59. The molecule has 0 N–H and O–H groups in total. The van der Waals surface area contributed by atoms with E-state index < -0.39 is 0 Å². The number of rotatable bonds is 5. The molecule has 0 aliphatic heterocycles. The van der Waals surface area contributed by atoms with E-state index in [1.54, 1.807) is 25.3 Å². The number of aldehydes is 1. The number of benzene rings is 1. The lowest BCUT2D eigenvalue weighted by Gasteiger charge is -2.11. The van der Waals surface area contributed by atoms with Gasteiger partial charge in [0.05, 0.1) is 12.7 Å². The molecule has 0 spiro atoms. The average molecular weight is 220 g/mol. The summed E-state index contributed by atoms with van der Waals surface area (Å²) in [5.74, 6) is 1.07. The summed E-state index contributed by atoms with van der Waals surface area (Å²) in [6.07, 6.45) is 2.71. The summed E-state index contributed by atoms with van der Waals surface area (Å²) >= 11 is 0. The Labute approximate surface area is 95.7 Å². The van der Waals surface area contributed by atoms with Crippen LogP contribution in [0.5, 0.6) is 11.5 Å². The topological polar surface area (TPSA) is 35.5 Å². The van der Waals surface area contributed by atoms with Crippen molar-refractivity contribution in [2.45, 2.75) is 13.8 Å². The maximum absolute atomic E-state index is 10.8. The molecule has 1 aromatic rings. The predicted molar refractivity (Wildman–Crippen MR) is 63.3 cm³/mol. The van der Waals surface area contributed by atoms with E-state index in [-0.39, 0.29) is 0 Å². The van der Waals surface area contributed by atoms with Crippen molar-refractivity contribution < 1.29 is 14.3 Å². The second-order valence-corrected chi connectivity index (χ2v) is 3.59. The molecule has 3 heteroatoms. The zero-order valence-electron chi connectivity index (χ0n) is 9.82. The van der Waals surface area contributed by atoms with Crippen molar-refractivity contribution in [2.24, 2.45) is 0 Å². The standard InChI is InChI=1S/C13H16O3/c1-10(2)7-8-16-13-11(9-14)5-4-6-12(13)15-3/h4-7,9H,8H2,1-3H3. The van der Waals surface area contributed by atoms with E-state index in [4.69, 9.17) is 9.47 Å². The van der Waals surface area contributed by atoms with Crippen LogP contribution in [0.3, 0.4) is 0 Å². The van der Waals surface area contributed by atoms with Crippen LogP contribution in [0.15, 0.2) is 29.8 Å². The van der Waals surface area contributed by atoms with Crippen LogP contribution in [-0.4, -0.2) is 20.0 Å². The predicted octanol–water partition coefficient (Wildman–Crippen LogP) is 2.85. The molecule has 0 fully saturated rings. The van der Waals surface area contributed by atoms with Crippen LogP contribution in [0.4, 0.5) is 0 Å². The van der Waals surface area contributed by atoms with Crippen LogP contribution in [0.2, 0.25) is 0 Å². The van der Waals surface area contributed by atoms with Crippen LogP contribution >= 0.6 is 0 Å². The molecular formula is C13H16O3. The van der Waals surface area contributed by atoms with Crippen molar-refractivity contribution in [3.8, 4) is 11.5 Å². The Morgan fingerprint density at radius 3 is 2.69 bits per heavy atom. The molecule has 0 saturated carbocycles. The van der Waals surface area contributed by atoms with Crippen molar-refractivity contribution >= 4 is 6.29 Å². The molecule has 0 amide bonds. The van der Waals surface area contributed by atoms with E-state index >= 15 is 0 Å². The van der Waals surface area contributed by atoms with E-state index in [1.807, 2.05) is 19.9 Å². The molecule has 1 rings (SSSR count). The zero-order valence-corrected chi connectivity index (χ0v) is 9.82. The fourth-order valence-electron chi connectivity index (χ4n) is 1.23. The van der Waals surface area contributed by atoms with Crippen molar-refractivity contribution in [1.82, 2.24) is 0 Å². The van der Waals surface area contributed by atoms with E-state index in [0.29, 0.717) is 23.7 Å². The SMILES string of the molecule is COc1cccc(C=O)c1OCC=C(C)C. The lowest BCUT2D eigenvalue weighted by molar-refractivity contribution is 0.111. The van der Waals surface area contributed by atoms with Crippen molar-refractivity contribution in [3.63, 3.8) is 0 Å². The summed E-state index contributed by atoms with van der Waals surface area (Å²) in [6, 6.07) is 5.23. The first-order chi connectivity index (χ1) is 7.69. The summed E-state index contributed by atoms with van der Waals surface area (Å²) in [7, 11) is 1.55. The van der Waals surface area contributed by atoms with E-state index in [0.717, 1.165) is 6.29 Å². The summed E-state index contributed by atoms with van der Waals surface area (Å²) in [6.45, 7) is 4.42. The molecule has 3 nitrogen and oxygen atoms in total. The minimum absolute atomic E-state index is 0.434. The molecule has 0 bridgehead atoms. The van der Waals surface area contributed by atoms with Crippen molar-refractivity contribution in [2.75, 3.05) is 13.7 Å². The van der Waals surface area contributed by atoms with Gasteiger partial charge in [-0.3, -0.25) is 4.79 Å². The summed E-state index contributed by atoms with van der Waals surface area (Å²) in [4.78, 5) is 10.8. The zero-order chi connectivity index (χ0) is 12.0. The third-order valence-electron chi connectivity index (χ3n) is 2.08. The van der Waals surface area contributed by atoms with Gasteiger partial charge in [-0.2, -0.15) is 0 Å². The lowest BCUT2D eigenvalue weighted by atomic mass is 10.2. The highest BCUT2D eigenvalue weighted by atomic mass is 16.5. The highest BCUT2D eigenvalue weighted by Gasteiger charge is 2.08. The molecule has 16 heavy (non-hydrogen) atoms. The van der Waals surface area contributed by atoms with Gasteiger partial charge >= 0.3 is 0 Å². The third kappa shape index (κ3) is 3.12. The first-order valence-corrected chi connectivity index (χ1v) is 5.07. The van der Waals surface area contributed by atoms with Gasteiger partial charge in [0.15, 0.2) is 17.8 Å². The van der Waals surface area contributed by atoms with Gasteiger partial charge in [-0.15, -0.1) is 0 Å². The molecule has 0 heterocycles. The fraction of sp³-hybridized carbons (Fsp3) is 0.308. The molecule has 1 aromatic carbocycles. The number of methoxy groups -OCH3 is 1. The number of carbonyl (C=O) groups excluding carboxylic acids is 1. The maximum Gasteiger partial charge on any atom is 0.172 e. The fourth-order valence-corrected chi connectivity index (χ4v) is 1.23. The van der Waals surface area contributed by atoms with E-state index in [1.165, 1.54) is 5.57 Å². The van der Waals surface area contributed by atoms with Gasteiger partial charge in [-0.1, -0.05) is 11.6 Å². The minimum atomic E-state index is 0.434. The molecule has 0 aliphatic carbocycles. The molecule has 0 atom stereocenters. The van der Waals surface area contributed by atoms with Gasteiger partial charge in [-0.25, -0.2) is 0 Å². The summed E-state index contributed by atoms with van der Waals surface area (Å²) < 4.78 is 10.7. The van der Waals surface area contributed by atoms with Gasteiger partial charge in [0.25, 0.3) is 0 Å². The van der Waals surface area contributed by atoms with Crippen molar-refractivity contribution in [3.05, 3.63) is 35.4 Å². The summed E-state index contributed by atoms with van der Waals surface area (Å²) in [5, 5.41) is 0. The van der Waals surface area contributed by atoms with E-state index in [9.17, 15) is 4.79 Å². The third-order valence-corrected chi connectivity index (χ3v) is 2.08. The van der Waals surface area contributed by atoms with Gasteiger partial charge in [0.2, 0.25) is 0 Å². The molecule has 0 aliphatic rings. The van der Waals surface area contributed by atoms with Crippen LogP contribution in [0.25, 0.3) is 0 Å². The van der Waals surface area contributed by atoms with Crippen molar-refractivity contribution in [1.29, 1.82) is 0 Å². The Hall–Kier alpha value is -1.77. The number of hydrogen-bond donors (Lipinski definition) is 0. The second kappa shape index (κ2) is 5.95. The first kappa shape index (κ1) is 12.3. The Kier molecular flexibility index (Phi) is 4.58. The Morgan fingerprint density at radius 1 is 1.38 bits per heavy atom. The van der Waals surface area contributed by atoms with Gasteiger partial charge in [0.1, 0.15) is 6.61 Å².